The second-order valence-corrected chi connectivity index (χ2v) is 8.75. The lowest BCUT2D eigenvalue weighted by Gasteiger charge is -2.20. The van der Waals surface area contributed by atoms with Crippen molar-refractivity contribution in [3.8, 4) is 0 Å². The van der Waals surface area contributed by atoms with Crippen molar-refractivity contribution in [2.45, 2.75) is 53.1 Å². The van der Waals surface area contributed by atoms with Gasteiger partial charge in [0.1, 0.15) is 22.5 Å². The zero-order valence-electron chi connectivity index (χ0n) is 18.2. The van der Waals surface area contributed by atoms with Crippen LogP contribution in [-0.4, -0.2) is 33.0 Å². The third-order valence-corrected chi connectivity index (χ3v) is 6.52. The van der Waals surface area contributed by atoms with Crippen LogP contribution in [0.3, 0.4) is 0 Å². The summed E-state index contributed by atoms with van der Waals surface area (Å²) in [5.41, 5.74) is 1.42. The number of nitrogens with one attached hydrogen (secondary N) is 2. The number of hydrogen-bond donors (Lipinski definition) is 3. The minimum Gasteiger partial charge on any atom is -0.480 e. The van der Waals surface area contributed by atoms with E-state index >= 15 is 0 Å². The fourth-order valence-corrected chi connectivity index (χ4v) is 4.27. The molecule has 2 atom stereocenters. The van der Waals surface area contributed by atoms with Gasteiger partial charge in [0.2, 0.25) is 0 Å². The number of fused-ring (bicyclic) bond motifs is 1. The molecule has 31 heavy (non-hydrogen) atoms. The Balaban J connectivity index is 1.69. The largest absolute Gasteiger partial charge is 0.480 e. The first-order valence-electron chi connectivity index (χ1n) is 10.5. The van der Waals surface area contributed by atoms with Gasteiger partial charge in [-0.05, 0) is 43.0 Å². The van der Waals surface area contributed by atoms with E-state index in [-0.39, 0.29) is 11.8 Å². The molecule has 8 heteroatoms. The highest BCUT2D eigenvalue weighted by Gasteiger charge is 2.25. The third-order valence-electron chi connectivity index (χ3n) is 5.35. The average molecular weight is 441 g/mol. The van der Waals surface area contributed by atoms with Crippen LogP contribution in [0.1, 0.15) is 53.8 Å². The number of carboxylic acids is 1. The standard InChI is InChI=1S/C23H28N4O3S/c1-5-13(3)19(23(29)30)27-21(28)16-9-7-15(8-10-16)12-24-20-18-11-17(6-2)31-22(18)26-14(4)25-20/h7-11,13,19H,5-6,12H2,1-4H3,(H,27,28)(H,29,30)(H,24,25,26). The van der Waals surface area contributed by atoms with Crippen LogP contribution in [0.15, 0.2) is 30.3 Å². The summed E-state index contributed by atoms with van der Waals surface area (Å²) in [6, 6.07) is 8.37. The molecule has 2 unspecified atom stereocenters. The van der Waals surface area contributed by atoms with Crippen molar-refractivity contribution in [2.24, 2.45) is 5.92 Å². The minimum atomic E-state index is -1.02. The van der Waals surface area contributed by atoms with E-state index in [9.17, 15) is 14.7 Å². The molecule has 3 aromatic rings. The first-order chi connectivity index (χ1) is 14.8. The lowest BCUT2D eigenvalue weighted by molar-refractivity contribution is -0.140. The van der Waals surface area contributed by atoms with E-state index in [4.69, 9.17) is 0 Å². The normalized spacial score (nSPS) is 13.0. The molecule has 0 aliphatic rings. The maximum Gasteiger partial charge on any atom is 0.326 e. The number of aliphatic carboxylic acids is 1. The Morgan fingerprint density at radius 2 is 1.87 bits per heavy atom. The summed E-state index contributed by atoms with van der Waals surface area (Å²) in [5.74, 6) is -0.0253. The van der Waals surface area contributed by atoms with Gasteiger partial charge in [0, 0.05) is 17.0 Å². The van der Waals surface area contributed by atoms with Crippen LogP contribution in [0.5, 0.6) is 0 Å². The Morgan fingerprint density at radius 1 is 1.16 bits per heavy atom. The lowest BCUT2D eigenvalue weighted by atomic mass is 9.99. The van der Waals surface area contributed by atoms with Gasteiger partial charge in [0.15, 0.2) is 0 Å². The first kappa shape index (κ1) is 22.7. The summed E-state index contributed by atoms with van der Waals surface area (Å²) in [6.07, 6.45) is 1.63. The van der Waals surface area contributed by atoms with Gasteiger partial charge in [-0.15, -0.1) is 11.3 Å². The van der Waals surface area contributed by atoms with Gasteiger partial charge in [-0.25, -0.2) is 14.8 Å². The van der Waals surface area contributed by atoms with Gasteiger partial charge in [-0.2, -0.15) is 0 Å². The molecule has 1 aromatic carbocycles. The van der Waals surface area contributed by atoms with Crippen LogP contribution < -0.4 is 10.6 Å². The number of aryl methyl sites for hydroxylation is 2. The molecular formula is C23H28N4O3S. The van der Waals surface area contributed by atoms with Crippen molar-refractivity contribution in [1.82, 2.24) is 15.3 Å². The Hall–Kier alpha value is -3.00. The average Bonchev–Trinajstić information content (AvgIpc) is 3.18. The summed E-state index contributed by atoms with van der Waals surface area (Å²) in [5, 5.41) is 16.4. The first-order valence-corrected chi connectivity index (χ1v) is 11.3. The zero-order chi connectivity index (χ0) is 22.5. The Morgan fingerprint density at radius 3 is 2.48 bits per heavy atom. The molecule has 3 rings (SSSR count). The van der Waals surface area contributed by atoms with Crippen LogP contribution in [0.4, 0.5) is 5.82 Å². The number of anilines is 1. The summed E-state index contributed by atoms with van der Waals surface area (Å²) < 4.78 is 0. The molecule has 3 N–H and O–H groups in total. The van der Waals surface area contributed by atoms with E-state index in [0.29, 0.717) is 18.5 Å². The highest BCUT2D eigenvalue weighted by atomic mass is 32.1. The smallest absolute Gasteiger partial charge is 0.326 e. The van der Waals surface area contributed by atoms with Crippen LogP contribution in [0.2, 0.25) is 0 Å². The number of rotatable bonds is 9. The molecular weight excluding hydrogens is 412 g/mol. The van der Waals surface area contributed by atoms with Crippen LogP contribution in [0.25, 0.3) is 10.2 Å². The van der Waals surface area contributed by atoms with Gasteiger partial charge in [-0.1, -0.05) is 39.3 Å². The van der Waals surface area contributed by atoms with E-state index in [1.807, 2.05) is 32.9 Å². The van der Waals surface area contributed by atoms with Gasteiger partial charge < -0.3 is 15.7 Å². The van der Waals surface area contributed by atoms with Crippen LogP contribution >= 0.6 is 11.3 Å². The number of thiophene rings is 1. The molecule has 7 nitrogen and oxygen atoms in total. The Kier molecular flexibility index (Phi) is 7.22. The number of benzene rings is 1. The number of amides is 1. The SMILES string of the molecule is CCc1cc2c(NCc3ccc(C(=O)NC(C(=O)O)C(C)CC)cc3)nc(C)nc2s1. The second-order valence-electron chi connectivity index (χ2n) is 7.63. The molecule has 0 aliphatic carbocycles. The van der Waals surface area contributed by atoms with Gasteiger partial charge in [-0.3, -0.25) is 4.79 Å². The maximum atomic E-state index is 12.5. The Labute approximate surface area is 185 Å². The summed E-state index contributed by atoms with van der Waals surface area (Å²) in [6.45, 7) is 8.27. The molecule has 0 spiro atoms. The highest BCUT2D eigenvalue weighted by Crippen LogP contribution is 2.29. The fraction of sp³-hybridized carbons (Fsp3) is 0.391. The third kappa shape index (κ3) is 5.38. The molecule has 2 aromatic heterocycles. The van der Waals surface area contributed by atoms with Gasteiger partial charge >= 0.3 is 5.97 Å². The molecule has 2 heterocycles. The molecule has 0 saturated heterocycles. The Bertz CT molecular complexity index is 1080. The molecule has 0 aliphatic heterocycles. The van der Waals surface area contributed by atoms with Gasteiger partial charge in [0.25, 0.3) is 5.91 Å². The molecule has 0 radical (unpaired) electrons. The summed E-state index contributed by atoms with van der Waals surface area (Å²) in [4.78, 5) is 35.2. The quantitative estimate of drug-likeness (QED) is 0.455. The van der Waals surface area contributed by atoms with E-state index in [1.165, 1.54) is 4.88 Å². The van der Waals surface area contributed by atoms with Crippen molar-refractivity contribution >= 4 is 39.2 Å². The molecule has 164 valence electrons. The maximum absolute atomic E-state index is 12.5. The lowest BCUT2D eigenvalue weighted by Crippen LogP contribution is -2.45. The van der Waals surface area contributed by atoms with E-state index in [1.54, 1.807) is 23.5 Å². The van der Waals surface area contributed by atoms with Crippen LogP contribution in [-0.2, 0) is 17.8 Å². The predicted octanol–water partition coefficient (Wildman–Crippen LogP) is 4.40. The second kappa shape index (κ2) is 9.87. The number of carboxylic acid groups (broad SMARTS) is 1. The molecule has 0 fully saturated rings. The number of carbonyl (C=O) groups is 2. The molecule has 0 saturated carbocycles. The summed E-state index contributed by atoms with van der Waals surface area (Å²) in [7, 11) is 0. The van der Waals surface area contributed by atoms with Gasteiger partial charge in [0.05, 0.1) is 5.39 Å². The van der Waals surface area contributed by atoms with E-state index in [0.717, 1.165) is 33.8 Å². The van der Waals surface area contributed by atoms with Crippen molar-refractivity contribution in [3.05, 3.63) is 52.2 Å². The molecule has 0 bridgehead atoms. The van der Waals surface area contributed by atoms with E-state index in [2.05, 4.69) is 33.6 Å². The van der Waals surface area contributed by atoms with Crippen molar-refractivity contribution < 1.29 is 14.7 Å². The molecule has 1 amide bonds. The number of hydrogen-bond acceptors (Lipinski definition) is 6. The zero-order valence-corrected chi connectivity index (χ0v) is 19.0. The number of aromatic nitrogens is 2. The fourth-order valence-electron chi connectivity index (χ4n) is 3.25. The predicted molar refractivity (Wildman–Crippen MR) is 124 cm³/mol. The van der Waals surface area contributed by atoms with Crippen molar-refractivity contribution in [1.29, 1.82) is 0 Å². The summed E-state index contributed by atoms with van der Waals surface area (Å²) >= 11 is 1.69. The topological polar surface area (TPSA) is 104 Å². The van der Waals surface area contributed by atoms with Crippen LogP contribution in [0, 0.1) is 12.8 Å². The minimum absolute atomic E-state index is 0.150. The monoisotopic (exact) mass is 440 g/mol. The van der Waals surface area contributed by atoms with E-state index < -0.39 is 12.0 Å². The number of carbonyl (C=O) groups excluding carboxylic acids is 1. The van der Waals surface area contributed by atoms with Crippen molar-refractivity contribution in [2.75, 3.05) is 5.32 Å². The number of nitrogens with zero attached hydrogens (tertiary/aromatic N) is 2. The van der Waals surface area contributed by atoms with Crippen molar-refractivity contribution in [3.63, 3.8) is 0 Å². The highest BCUT2D eigenvalue weighted by molar-refractivity contribution is 7.18.